The zero-order chi connectivity index (χ0) is 16.9. The Morgan fingerprint density at radius 1 is 1.35 bits per heavy atom. The summed E-state index contributed by atoms with van der Waals surface area (Å²) < 4.78 is 4.97. The monoisotopic (exact) mass is 335 g/mol. The first-order valence-corrected chi connectivity index (χ1v) is 7.02. The summed E-state index contributed by atoms with van der Waals surface area (Å²) in [5, 5.41) is 9.68. The second kappa shape index (κ2) is 8.85. The zero-order valence-corrected chi connectivity index (χ0v) is 13.2. The number of allylic oxidation sites excluding steroid dienone is 4. The lowest BCUT2D eigenvalue weighted by Crippen LogP contribution is -2.12. The highest BCUT2D eigenvalue weighted by molar-refractivity contribution is 7.80. The van der Waals surface area contributed by atoms with E-state index in [2.05, 4.69) is 30.8 Å². The SMILES string of the molecule is C.C=C/C=C(\C=C)c1cc2oc(=O)c(S)c(O)c2c(=O)[nH]1.CC. The van der Waals surface area contributed by atoms with Crippen LogP contribution in [0.5, 0.6) is 5.75 Å². The molecule has 23 heavy (non-hydrogen) atoms. The number of aromatic hydroxyl groups is 1. The molecule has 6 heteroatoms. The Labute approximate surface area is 140 Å². The minimum atomic E-state index is -0.817. The topological polar surface area (TPSA) is 83.3 Å². The number of aromatic nitrogens is 1. The highest BCUT2D eigenvalue weighted by Gasteiger charge is 2.15. The molecule has 0 bridgehead atoms. The Bertz CT molecular complexity index is 859. The van der Waals surface area contributed by atoms with E-state index in [1.54, 1.807) is 6.08 Å². The van der Waals surface area contributed by atoms with Gasteiger partial charge >= 0.3 is 5.63 Å². The number of rotatable bonds is 3. The van der Waals surface area contributed by atoms with Crippen molar-refractivity contribution >= 4 is 29.2 Å². The quantitative estimate of drug-likeness (QED) is 0.587. The zero-order valence-electron chi connectivity index (χ0n) is 12.3. The predicted octanol–water partition coefficient (Wildman–Crippen LogP) is 3.89. The third-order valence-electron chi connectivity index (χ3n) is 2.68. The van der Waals surface area contributed by atoms with Gasteiger partial charge in [0.15, 0.2) is 5.75 Å². The van der Waals surface area contributed by atoms with Crippen molar-refractivity contribution in [2.24, 2.45) is 0 Å². The van der Waals surface area contributed by atoms with Gasteiger partial charge < -0.3 is 14.5 Å². The smallest absolute Gasteiger partial charge is 0.353 e. The van der Waals surface area contributed by atoms with Crippen LogP contribution >= 0.6 is 12.6 Å². The highest BCUT2D eigenvalue weighted by Crippen LogP contribution is 2.26. The fourth-order valence-electron chi connectivity index (χ4n) is 1.75. The first kappa shape index (κ1) is 20.5. The molecule has 124 valence electrons. The summed E-state index contributed by atoms with van der Waals surface area (Å²) in [6.07, 6.45) is 4.68. The molecule has 2 heterocycles. The van der Waals surface area contributed by atoms with Crippen molar-refractivity contribution < 1.29 is 9.52 Å². The molecule has 0 saturated carbocycles. The molecule has 0 aromatic carbocycles. The number of H-pyrrole nitrogens is 1. The Morgan fingerprint density at radius 2 is 1.96 bits per heavy atom. The summed E-state index contributed by atoms with van der Waals surface area (Å²) in [4.78, 5) is 25.8. The van der Waals surface area contributed by atoms with Crippen molar-refractivity contribution in [2.45, 2.75) is 26.2 Å². The van der Waals surface area contributed by atoms with Gasteiger partial charge in [-0.3, -0.25) is 4.79 Å². The number of nitrogens with one attached hydrogen (secondary N) is 1. The van der Waals surface area contributed by atoms with Crippen molar-refractivity contribution in [3.8, 4) is 5.75 Å². The van der Waals surface area contributed by atoms with E-state index in [0.717, 1.165) is 0 Å². The van der Waals surface area contributed by atoms with E-state index < -0.39 is 16.9 Å². The highest BCUT2D eigenvalue weighted by atomic mass is 32.1. The van der Waals surface area contributed by atoms with Crippen LogP contribution in [0.2, 0.25) is 0 Å². The average Bonchev–Trinajstić information content (AvgIpc) is 2.51. The number of thiol groups is 1. The lowest BCUT2D eigenvalue weighted by molar-refractivity contribution is 0.447. The van der Waals surface area contributed by atoms with Gasteiger partial charge in [0, 0.05) is 6.07 Å². The molecule has 0 atom stereocenters. The largest absolute Gasteiger partial charge is 0.506 e. The molecule has 0 aliphatic rings. The summed E-state index contributed by atoms with van der Waals surface area (Å²) in [6.45, 7) is 11.2. The van der Waals surface area contributed by atoms with Gasteiger partial charge in [-0.15, -0.1) is 12.6 Å². The number of aromatic amines is 1. The number of hydrogen-bond acceptors (Lipinski definition) is 5. The van der Waals surface area contributed by atoms with Crippen LogP contribution in [-0.2, 0) is 0 Å². The van der Waals surface area contributed by atoms with Crippen LogP contribution < -0.4 is 11.2 Å². The molecule has 0 aliphatic heterocycles. The minimum absolute atomic E-state index is 0. The second-order valence-corrected chi connectivity index (χ2v) is 4.35. The van der Waals surface area contributed by atoms with Crippen LogP contribution in [0.1, 0.15) is 27.0 Å². The Morgan fingerprint density at radius 3 is 2.48 bits per heavy atom. The van der Waals surface area contributed by atoms with Crippen LogP contribution in [-0.4, -0.2) is 10.1 Å². The summed E-state index contributed by atoms with van der Waals surface area (Å²) in [5.74, 6) is -0.500. The summed E-state index contributed by atoms with van der Waals surface area (Å²) in [7, 11) is 0. The summed E-state index contributed by atoms with van der Waals surface area (Å²) >= 11 is 3.80. The average molecular weight is 335 g/mol. The fraction of sp³-hybridized carbons (Fsp3) is 0.176. The molecule has 2 aromatic heterocycles. The molecule has 0 spiro atoms. The minimum Gasteiger partial charge on any atom is -0.506 e. The molecule has 5 nitrogen and oxygen atoms in total. The molecule has 2 aromatic rings. The third-order valence-corrected chi connectivity index (χ3v) is 3.08. The molecule has 0 unspecified atom stereocenters. The maximum absolute atomic E-state index is 12.0. The second-order valence-electron chi connectivity index (χ2n) is 3.90. The van der Waals surface area contributed by atoms with Crippen molar-refractivity contribution in [1.29, 1.82) is 0 Å². The van der Waals surface area contributed by atoms with Crippen molar-refractivity contribution in [2.75, 3.05) is 0 Å². The molecule has 0 aliphatic carbocycles. The number of pyridine rings is 1. The van der Waals surface area contributed by atoms with Crippen LogP contribution in [0, 0.1) is 0 Å². The normalized spacial score (nSPS) is 10.3. The molecule has 2 rings (SSSR count). The van der Waals surface area contributed by atoms with E-state index in [1.165, 1.54) is 18.2 Å². The predicted molar refractivity (Wildman–Crippen MR) is 98.5 cm³/mol. The van der Waals surface area contributed by atoms with Crippen LogP contribution in [0.25, 0.3) is 16.5 Å². The maximum Gasteiger partial charge on any atom is 0.353 e. The molecular weight excluding hydrogens is 314 g/mol. The van der Waals surface area contributed by atoms with Gasteiger partial charge in [0.2, 0.25) is 0 Å². The molecule has 0 radical (unpaired) electrons. The van der Waals surface area contributed by atoms with Gasteiger partial charge in [-0.25, -0.2) is 4.79 Å². The number of fused-ring (bicyclic) bond motifs is 1. The van der Waals surface area contributed by atoms with E-state index in [9.17, 15) is 14.7 Å². The summed E-state index contributed by atoms with van der Waals surface area (Å²) in [5.41, 5.74) is -0.447. The van der Waals surface area contributed by atoms with E-state index in [-0.39, 0.29) is 23.3 Å². The molecular formula is C17H21NO4S. The van der Waals surface area contributed by atoms with Crippen LogP contribution in [0.4, 0.5) is 0 Å². The third kappa shape index (κ3) is 4.04. The fourth-order valence-corrected chi connectivity index (χ4v) is 1.91. The Balaban J connectivity index is 0.00000155. The van der Waals surface area contributed by atoms with Crippen molar-refractivity contribution in [3.05, 3.63) is 63.9 Å². The lowest BCUT2D eigenvalue weighted by Gasteiger charge is -2.05. The van der Waals surface area contributed by atoms with Gasteiger partial charge in [0.1, 0.15) is 15.9 Å². The summed E-state index contributed by atoms with van der Waals surface area (Å²) in [6, 6.07) is 1.43. The van der Waals surface area contributed by atoms with Crippen LogP contribution in [0.15, 0.2) is 56.4 Å². The van der Waals surface area contributed by atoms with E-state index >= 15 is 0 Å². The Kier molecular flexibility index (Phi) is 7.90. The lowest BCUT2D eigenvalue weighted by atomic mass is 10.1. The van der Waals surface area contributed by atoms with Crippen LogP contribution in [0.3, 0.4) is 0 Å². The molecule has 0 amide bonds. The number of hydrogen-bond donors (Lipinski definition) is 3. The van der Waals surface area contributed by atoms with E-state index in [4.69, 9.17) is 4.42 Å². The van der Waals surface area contributed by atoms with Crippen molar-refractivity contribution in [3.63, 3.8) is 0 Å². The first-order chi connectivity index (χ1) is 10.5. The van der Waals surface area contributed by atoms with E-state index in [0.29, 0.717) is 11.3 Å². The molecule has 0 fully saturated rings. The van der Waals surface area contributed by atoms with Gasteiger partial charge in [-0.2, -0.15) is 0 Å². The molecule has 0 saturated heterocycles. The van der Waals surface area contributed by atoms with Gasteiger partial charge in [-0.05, 0) is 5.57 Å². The Hall–Kier alpha value is -2.47. The van der Waals surface area contributed by atoms with Gasteiger partial charge in [0.25, 0.3) is 5.56 Å². The standard InChI is InChI=1S/C14H11NO4S.C2H6.CH4/c1-3-5-7(4-2)8-6-9-10(13(17)15-8)11(16)12(20)14(18)19-9;1-2;/h3-6,16,20H,1-2H2,(H,15,17);1-2H3;1H4/b7-5+;;. The first-order valence-electron chi connectivity index (χ1n) is 6.57. The van der Waals surface area contributed by atoms with Crippen molar-refractivity contribution in [1.82, 2.24) is 4.98 Å². The van der Waals surface area contributed by atoms with Gasteiger partial charge in [-0.1, -0.05) is 52.7 Å². The van der Waals surface area contributed by atoms with Gasteiger partial charge in [0.05, 0.1) is 5.69 Å². The molecule has 2 N–H and O–H groups in total. The van der Waals surface area contributed by atoms with E-state index in [1.807, 2.05) is 13.8 Å². The maximum atomic E-state index is 12.0.